The fourth-order valence-electron chi connectivity index (χ4n) is 2.12. The van der Waals surface area contributed by atoms with Gasteiger partial charge in [-0.3, -0.25) is 4.79 Å². The largest absolute Gasteiger partial charge is 0.472 e. The zero-order valence-corrected chi connectivity index (χ0v) is 10.8. The summed E-state index contributed by atoms with van der Waals surface area (Å²) in [6.45, 7) is 0.397. The Morgan fingerprint density at radius 1 is 1.60 bits per heavy atom. The Hall–Kier alpha value is -1.76. The number of likely N-dealkylation sites (tertiary alicyclic amines) is 1. The molecule has 2 heterocycles. The van der Waals surface area contributed by atoms with E-state index in [1.165, 1.54) is 18.3 Å². The van der Waals surface area contributed by atoms with Crippen molar-refractivity contribution in [1.82, 2.24) is 9.88 Å². The molecule has 110 valence electrons. The lowest BCUT2D eigenvalue weighted by molar-refractivity contribution is 0.0771. The van der Waals surface area contributed by atoms with Gasteiger partial charge in [0.1, 0.15) is 0 Å². The number of aromatic nitrogens is 1. The lowest BCUT2D eigenvalue weighted by atomic mass is 10.1. The highest BCUT2D eigenvalue weighted by atomic mass is 19.3. The topological polar surface area (TPSA) is 62.7 Å². The molecule has 1 aliphatic rings. The molecule has 1 aromatic heterocycles. The van der Waals surface area contributed by atoms with Crippen molar-refractivity contribution < 1.29 is 23.4 Å². The van der Waals surface area contributed by atoms with Crippen molar-refractivity contribution in [3.63, 3.8) is 0 Å². The number of alkyl halides is 2. The van der Waals surface area contributed by atoms with Crippen molar-refractivity contribution in [2.45, 2.75) is 12.8 Å². The smallest absolute Gasteiger partial charge is 0.272 e. The maximum atomic E-state index is 12.2. The molecular weight excluding hydrogens is 270 g/mol. The van der Waals surface area contributed by atoms with Crippen molar-refractivity contribution in [2.75, 3.05) is 26.3 Å². The maximum Gasteiger partial charge on any atom is 0.272 e. The number of aliphatic hydroxyl groups excluding tert-OH is 1. The molecule has 1 N–H and O–H groups in total. The van der Waals surface area contributed by atoms with E-state index in [0.29, 0.717) is 18.7 Å². The number of halogens is 2. The number of carbonyl (C=O) groups is 1. The highest BCUT2D eigenvalue weighted by Crippen LogP contribution is 2.19. The summed E-state index contributed by atoms with van der Waals surface area (Å²) in [4.78, 5) is 17.6. The van der Waals surface area contributed by atoms with Crippen LogP contribution >= 0.6 is 0 Å². The van der Waals surface area contributed by atoms with E-state index >= 15 is 0 Å². The summed E-state index contributed by atoms with van der Waals surface area (Å²) < 4.78 is 28.9. The van der Waals surface area contributed by atoms with Crippen LogP contribution in [0.3, 0.4) is 0 Å². The molecule has 1 atom stereocenters. The number of hydrogen-bond acceptors (Lipinski definition) is 4. The van der Waals surface area contributed by atoms with E-state index in [2.05, 4.69) is 4.98 Å². The van der Waals surface area contributed by atoms with Crippen LogP contribution in [0.2, 0.25) is 0 Å². The van der Waals surface area contributed by atoms with Gasteiger partial charge in [-0.25, -0.2) is 13.8 Å². The fraction of sp³-hybridized carbons (Fsp3) is 0.538. The minimum Gasteiger partial charge on any atom is -0.472 e. The van der Waals surface area contributed by atoms with Crippen LogP contribution in [0.5, 0.6) is 5.88 Å². The first kappa shape index (κ1) is 14.6. The van der Waals surface area contributed by atoms with E-state index < -0.39 is 13.0 Å². The van der Waals surface area contributed by atoms with E-state index in [1.54, 1.807) is 4.90 Å². The predicted molar refractivity (Wildman–Crippen MR) is 66.8 cm³/mol. The molecule has 5 nitrogen and oxygen atoms in total. The lowest BCUT2D eigenvalue weighted by Crippen LogP contribution is -2.29. The Morgan fingerprint density at radius 2 is 2.40 bits per heavy atom. The first-order valence-corrected chi connectivity index (χ1v) is 6.37. The molecule has 1 aliphatic heterocycles. The van der Waals surface area contributed by atoms with E-state index in [4.69, 9.17) is 9.84 Å². The Balaban J connectivity index is 2.01. The summed E-state index contributed by atoms with van der Waals surface area (Å²) in [5.74, 6) is -0.0883. The van der Waals surface area contributed by atoms with E-state index in [9.17, 15) is 13.6 Å². The van der Waals surface area contributed by atoms with E-state index in [1.807, 2.05) is 0 Å². The van der Waals surface area contributed by atoms with Gasteiger partial charge in [0.25, 0.3) is 12.3 Å². The third-order valence-corrected chi connectivity index (χ3v) is 3.17. The molecule has 7 heteroatoms. The van der Waals surface area contributed by atoms with Gasteiger partial charge in [-0.15, -0.1) is 0 Å². The molecule has 1 amide bonds. The summed E-state index contributed by atoms with van der Waals surface area (Å²) in [7, 11) is 0. The van der Waals surface area contributed by atoms with Gasteiger partial charge >= 0.3 is 0 Å². The monoisotopic (exact) mass is 286 g/mol. The zero-order chi connectivity index (χ0) is 14.5. The molecule has 0 saturated carbocycles. The Labute approximate surface area is 115 Å². The first-order valence-electron chi connectivity index (χ1n) is 6.37. The van der Waals surface area contributed by atoms with Crippen molar-refractivity contribution >= 4 is 5.91 Å². The number of amides is 1. The van der Waals surface area contributed by atoms with Gasteiger partial charge in [0, 0.05) is 43.4 Å². The predicted octanol–water partition coefficient (Wildman–Crippen LogP) is 1.18. The van der Waals surface area contributed by atoms with Gasteiger partial charge in [-0.05, 0) is 12.5 Å². The molecule has 1 unspecified atom stereocenters. The summed E-state index contributed by atoms with van der Waals surface area (Å²) in [5, 5.41) is 9.06. The Morgan fingerprint density at radius 3 is 3.05 bits per heavy atom. The second-order valence-corrected chi connectivity index (χ2v) is 4.67. The van der Waals surface area contributed by atoms with Gasteiger partial charge in [0.05, 0.1) is 0 Å². The number of carbonyl (C=O) groups excluding carboxylic acids is 1. The molecule has 0 bridgehead atoms. The van der Waals surface area contributed by atoms with Crippen molar-refractivity contribution in [3.05, 3.63) is 23.9 Å². The Kier molecular flexibility index (Phi) is 4.84. The fourth-order valence-corrected chi connectivity index (χ4v) is 2.12. The number of pyridine rings is 1. The van der Waals surface area contributed by atoms with Crippen LogP contribution in [-0.4, -0.2) is 53.6 Å². The van der Waals surface area contributed by atoms with E-state index in [0.717, 1.165) is 6.42 Å². The van der Waals surface area contributed by atoms with Crippen LogP contribution in [0.1, 0.15) is 16.8 Å². The molecule has 20 heavy (non-hydrogen) atoms. The van der Waals surface area contributed by atoms with Crippen LogP contribution in [0.25, 0.3) is 0 Å². The maximum absolute atomic E-state index is 12.2. The van der Waals surface area contributed by atoms with Crippen molar-refractivity contribution in [3.8, 4) is 5.88 Å². The average molecular weight is 286 g/mol. The molecule has 2 rings (SSSR count). The first-order chi connectivity index (χ1) is 9.60. The summed E-state index contributed by atoms with van der Waals surface area (Å²) in [6, 6.07) is 2.88. The number of rotatable bonds is 5. The molecule has 1 fully saturated rings. The van der Waals surface area contributed by atoms with Crippen LogP contribution in [0.15, 0.2) is 18.3 Å². The van der Waals surface area contributed by atoms with Gasteiger partial charge < -0.3 is 14.7 Å². The molecule has 1 saturated heterocycles. The SMILES string of the molecule is O=C(c1ccnc(OCC(F)F)c1)N1CCC(CO)C1. The second-order valence-electron chi connectivity index (χ2n) is 4.67. The van der Waals surface area contributed by atoms with Crippen molar-refractivity contribution in [2.24, 2.45) is 5.92 Å². The lowest BCUT2D eigenvalue weighted by Gasteiger charge is -2.16. The summed E-state index contributed by atoms with van der Waals surface area (Å²) >= 11 is 0. The van der Waals surface area contributed by atoms with Gasteiger partial charge in [-0.1, -0.05) is 0 Å². The molecule has 0 aliphatic carbocycles. The minimum absolute atomic E-state index is 0.00838. The average Bonchev–Trinajstić information content (AvgIpc) is 2.93. The number of aliphatic hydroxyl groups is 1. The third kappa shape index (κ3) is 3.63. The molecular formula is C13H16F2N2O3. The van der Waals surface area contributed by atoms with Gasteiger partial charge in [-0.2, -0.15) is 0 Å². The highest BCUT2D eigenvalue weighted by Gasteiger charge is 2.26. The summed E-state index contributed by atoms with van der Waals surface area (Å²) in [6.07, 6.45) is -0.463. The third-order valence-electron chi connectivity index (χ3n) is 3.17. The minimum atomic E-state index is -2.58. The van der Waals surface area contributed by atoms with Crippen LogP contribution in [-0.2, 0) is 0 Å². The Bertz CT molecular complexity index is 471. The standard InChI is InChI=1S/C13H16F2N2O3/c14-11(15)8-20-12-5-10(1-3-16-12)13(19)17-4-2-9(6-17)7-18/h1,3,5,9,11,18H,2,4,6-8H2. The van der Waals surface area contributed by atoms with Crippen LogP contribution < -0.4 is 4.74 Å². The number of nitrogens with zero attached hydrogens (tertiary/aromatic N) is 2. The molecule has 0 radical (unpaired) electrons. The molecule has 0 spiro atoms. The van der Waals surface area contributed by atoms with Crippen LogP contribution in [0, 0.1) is 5.92 Å². The number of ether oxygens (including phenoxy) is 1. The van der Waals surface area contributed by atoms with Crippen molar-refractivity contribution in [1.29, 1.82) is 0 Å². The van der Waals surface area contributed by atoms with Gasteiger partial charge in [0.2, 0.25) is 5.88 Å². The molecule has 1 aromatic rings. The second kappa shape index (κ2) is 6.60. The van der Waals surface area contributed by atoms with Gasteiger partial charge in [0.15, 0.2) is 6.61 Å². The highest BCUT2D eigenvalue weighted by molar-refractivity contribution is 5.94. The molecule has 0 aromatic carbocycles. The zero-order valence-electron chi connectivity index (χ0n) is 10.8. The summed E-state index contributed by atoms with van der Waals surface area (Å²) in [5.41, 5.74) is 0.350. The quantitative estimate of drug-likeness (QED) is 0.883. The number of hydrogen-bond donors (Lipinski definition) is 1. The van der Waals surface area contributed by atoms with E-state index in [-0.39, 0.29) is 24.3 Å². The normalized spacial score (nSPS) is 18.6. The van der Waals surface area contributed by atoms with Crippen LogP contribution in [0.4, 0.5) is 8.78 Å².